The van der Waals surface area contributed by atoms with E-state index < -0.39 is 0 Å². The highest BCUT2D eigenvalue weighted by Gasteiger charge is 2.23. The van der Waals surface area contributed by atoms with Crippen molar-refractivity contribution >= 4 is 34.3 Å². The van der Waals surface area contributed by atoms with E-state index in [2.05, 4.69) is 53.9 Å². The fraction of sp³-hybridized carbons (Fsp3) is 0.348. The number of allylic oxidation sites excluding steroid dienone is 1. The van der Waals surface area contributed by atoms with Gasteiger partial charge in [0.2, 0.25) is 0 Å². The van der Waals surface area contributed by atoms with Gasteiger partial charge in [0.1, 0.15) is 0 Å². The minimum atomic E-state index is 0.816. The molecule has 0 saturated carbocycles. The van der Waals surface area contributed by atoms with E-state index >= 15 is 0 Å². The van der Waals surface area contributed by atoms with Crippen LogP contribution in [0.1, 0.15) is 41.1 Å². The van der Waals surface area contributed by atoms with Gasteiger partial charge in [-0.25, -0.2) is 0 Å². The molecule has 0 spiro atoms. The van der Waals surface area contributed by atoms with Crippen molar-refractivity contribution in [2.24, 2.45) is 0 Å². The van der Waals surface area contributed by atoms with E-state index in [0.29, 0.717) is 0 Å². The molecule has 3 heterocycles. The van der Waals surface area contributed by atoms with Crippen LogP contribution in [-0.2, 0) is 19.4 Å². The molecule has 1 aliphatic heterocycles. The van der Waals surface area contributed by atoms with E-state index in [0.717, 1.165) is 43.1 Å². The van der Waals surface area contributed by atoms with E-state index in [9.17, 15) is 0 Å². The number of rotatable bonds is 1. The monoisotopic (exact) mass is 377 g/mol. The number of nitrogens with zero attached hydrogens (tertiary/aromatic N) is 3. The number of fused-ring (bicyclic) bond motifs is 4. The Bertz CT molecular complexity index is 1080. The summed E-state index contributed by atoms with van der Waals surface area (Å²) in [5.74, 6) is 0. The summed E-state index contributed by atoms with van der Waals surface area (Å²) in [5.41, 5.74) is 9.20. The molecule has 0 bridgehead atoms. The van der Waals surface area contributed by atoms with Gasteiger partial charge in [0.25, 0.3) is 0 Å². The van der Waals surface area contributed by atoms with Crippen LogP contribution in [0.25, 0.3) is 22.7 Å². The van der Waals surface area contributed by atoms with E-state index in [1.807, 2.05) is 6.07 Å². The van der Waals surface area contributed by atoms with Crippen LogP contribution < -0.4 is 0 Å². The van der Waals surface area contributed by atoms with Gasteiger partial charge in [-0.3, -0.25) is 4.98 Å². The lowest BCUT2D eigenvalue weighted by atomic mass is 9.91. The van der Waals surface area contributed by atoms with E-state index in [1.165, 1.54) is 45.4 Å². The molecule has 1 aliphatic carbocycles. The number of pyridine rings is 1. The summed E-state index contributed by atoms with van der Waals surface area (Å²) in [7, 11) is 2.20. The van der Waals surface area contributed by atoms with Crippen molar-refractivity contribution in [3.05, 3.63) is 63.6 Å². The van der Waals surface area contributed by atoms with Crippen molar-refractivity contribution in [1.29, 1.82) is 0 Å². The molecule has 0 fully saturated rings. The van der Waals surface area contributed by atoms with Crippen LogP contribution in [-0.4, -0.2) is 28.0 Å². The Labute approximate surface area is 165 Å². The minimum Gasteiger partial charge on any atom is -0.318 e. The zero-order valence-electron chi connectivity index (χ0n) is 15.9. The van der Waals surface area contributed by atoms with E-state index in [1.54, 1.807) is 0 Å². The molecule has 0 N–H and O–H groups in total. The molecular formula is C23H24ClN3. The fourth-order valence-electron chi connectivity index (χ4n) is 4.61. The Balaban J connectivity index is 1.73. The first kappa shape index (κ1) is 17.0. The Morgan fingerprint density at radius 3 is 2.89 bits per heavy atom. The molecule has 0 atom stereocenters. The predicted molar refractivity (Wildman–Crippen MR) is 113 cm³/mol. The van der Waals surface area contributed by atoms with Crippen LogP contribution in [0.15, 0.2) is 30.3 Å². The third kappa shape index (κ3) is 2.90. The van der Waals surface area contributed by atoms with Crippen LogP contribution in [0, 0.1) is 6.92 Å². The highest BCUT2D eigenvalue weighted by Crippen LogP contribution is 2.36. The normalized spacial score (nSPS) is 18.7. The predicted octanol–water partition coefficient (Wildman–Crippen LogP) is 5.32. The molecule has 0 amide bonds. The average molecular weight is 378 g/mol. The van der Waals surface area contributed by atoms with Crippen molar-refractivity contribution in [1.82, 2.24) is 14.5 Å². The van der Waals surface area contributed by atoms with Crippen molar-refractivity contribution < 1.29 is 0 Å². The lowest BCUT2D eigenvalue weighted by Crippen LogP contribution is -2.27. The Morgan fingerprint density at radius 1 is 1.11 bits per heavy atom. The molecule has 138 valence electrons. The van der Waals surface area contributed by atoms with Gasteiger partial charge < -0.3 is 9.47 Å². The number of halogens is 1. The summed E-state index contributed by atoms with van der Waals surface area (Å²) >= 11 is 6.33. The number of benzene rings is 1. The van der Waals surface area contributed by atoms with Crippen molar-refractivity contribution in [3.63, 3.8) is 0 Å². The number of hydrogen-bond acceptors (Lipinski definition) is 2. The van der Waals surface area contributed by atoms with Crippen LogP contribution in [0.2, 0.25) is 5.02 Å². The first-order valence-electron chi connectivity index (χ1n) is 9.77. The van der Waals surface area contributed by atoms with E-state index in [4.69, 9.17) is 16.6 Å². The van der Waals surface area contributed by atoms with Crippen LogP contribution in [0.5, 0.6) is 0 Å². The smallest absolute Gasteiger partial charge is 0.0529 e. The number of likely N-dealkylation sites (N-methyl/N-ethyl adjacent to an activating group) is 1. The van der Waals surface area contributed by atoms with Crippen LogP contribution >= 0.6 is 11.6 Å². The molecular weight excluding hydrogens is 354 g/mol. The zero-order valence-corrected chi connectivity index (χ0v) is 16.7. The fourth-order valence-corrected chi connectivity index (χ4v) is 4.78. The van der Waals surface area contributed by atoms with Gasteiger partial charge in [-0.1, -0.05) is 17.7 Å². The third-order valence-corrected chi connectivity index (χ3v) is 6.18. The highest BCUT2D eigenvalue weighted by atomic mass is 35.5. The second-order valence-electron chi connectivity index (χ2n) is 7.90. The molecule has 4 heteroatoms. The Morgan fingerprint density at radius 2 is 2.00 bits per heavy atom. The second-order valence-corrected chi connectivity index (χ2v) is 8.34. The summed E-state index contributed by atoms with van der Waals surface area (Å²) in [6.07, 6.45) is 6.80. The first-order chi connectivity index (χ1) is 13.1. The highest BCUT2D eigenvalue weighted by molar-refractivity contribution is 6.31. The molecule has 3 nitrogen and oxygen atoms in total. The van der Waals surface area contributed by atoms with Gasteiger partial charge in [0.15, 0.2) is 0 Å². The quantitative estimate of drug-likeness (QED) is 0.572. The maximum Gasteiger partial charge on any atom is 0.0529 e. The SMILES string of the molecule is Cc1ccc2c(n1)CCCC2=Cn1c2c(c3cc(Cl)ccc31)CCN(C)C2. The van der Waals surface area contributed by atoms with Crippen LogP contribution in [0.3, 0.4) is 0 Å². The molecule has 0 saturated heterocycles. The van der Waals surface area contributed by atoms with Gasteiger partial charge in [-0.2, -0.15) is 0 Å². The number of hydrogen-bond donors (Lipinski definition) is 0. The Hall–Kier alpha value is -2.10. The van der Waals surface area contributed by atoms with Gasteiger partial charge in [0.05, 0.1) is 5.52 Å². The van der Waals surface area contributed by atoms with Gasteiger partial charge in [-0.05, 0) is 75.1 Å². The molecule has 0 radical (unpaired) electrons. The molecule has 1 aromatic carbocycles. The van der Waals surface area contributed by atoms with E-state index in [-0.39, 0.29) is 0 Å². The summed E-state index contributed by atoms with van der Waals surface area (Å²) in [6.45, 7) is 4.15. The van der Waals surface area contributed by atoms with Gasteiger partial charge in [0, 0.05) is 52.3 Å². The lowest BCUT2D eigenvalue weighted by Gasteiger charge is -2.24. The topological polar surface area (TPSA) is 21.1 Å². The first-order valence-corrected chi connectivity index (χ1v) is 10.2. The number of aromatic nitrogens is 2. The molecule has 0 unspecified atom stereocenters. The largest absolute Gasteiger partial charge is 0.318 e. The standard InChI is InChI=1S/C23H24ClN3/c1-15-6-8-18-16(4-3-5-21(18)25-15)13-27-22-9-7-17(24)12-20(22)19-10-11-26(2)14-23(19)27/h6-9,12-13H,3-5,10-11,14H2,1-2H3. The minimum absolute atomic E-state index is 0.816. The summed E-state index contributed by atoms with van der Waals surface area (Å²) in [4.78, 5) is 7.19. The van der Waals surface area contributed by atoms with Crippen molar-refractivity contribution in [3.8, 4) is 0 Å². The molecule has 3 aromatic rings. The van der Waals surface area contributed by atoms with Crippen molar-refractivity contribution in [2.45, 2.75) is 39.2 Å². The van der Waals surface area contributed by atoms with Gasteiger partial charge in [-0.15, -0.1) is 0 Å². The molecule has 27 heavy (non-hydrogen) atoms. The molecule has 5 rings (SSSR count). The maximum atomic E-state index is 6.33. The van der Waals surface area contributed by atoms with Crippen LogP contribution in [0.4, 0.5) is 0 Å². The van der Waals surface area contributed by atoms with Gasteiger partial charge >= 0.3 is 0 Å². The van der Waals surface area contributed by atoms with Crippen molar-refractivity contribution in [2.75, 3.05) is 13.6 Å². The zero-order chi connectivity index (χ0) is 18.5. The Kier molecular flexibility index (Phi) is 4.10. The summed E-state index contributed by atoms with van der Waals surface area (Å²) < 4.78 is 2.42. The summed E-state index contributed by atoms with van der Waals surface area (Å²) in [6, 6.07) is 10.7. The maximum absolute atomic E-state index is 6.33. The third-order valence-electron chi connectivity index (χ3n) is 5.95. The second kappa shape index (κ2) is 6.50. The molecule has 2 aliphatic rings. The lowest BCUT2D eigenvalue weighted by molar-refractivity contribution is 0.308. The number of aryl methyl sites for hydroxylation is 2. The molecule has 2 aromatic heterocycles. The summed E-state index contributed by atoms with van der Waals surface area (Å²) in [5, 5.41) is 2.12. The average Bonchev–Trinajstić information content (AvgIpc) is 2.94.